The van der Waals surface area contributed by atoms with Gasteiger partial charge in [0.1, 0.15) is 11.8 Å². The van der Waals surface area contributed by atoms with E-state index in [0.29, 0.717) is 0 Å². The number of amides is 2. The van der Waals surface area contributed by atoms with Crippen LogP contribution in [0.25, 0.3) is 0 Å². The molecule has 0 aliphatic heterocycles. The summed E-state index contributed by atoms with van der Waals surface area (Å²) < 4.78 is 0. The first-order valence-corrected chi connectivity index (χ1v) is 6.59. The number of phenolic OH excluding ortho intramolecular Hbond substituents is 1. The van der Waals surface area contributed by atoms with E-state index in [1.54, 1.807) is 6.92 Å². The molecule has 0 aliphatic rings. The van der Waals surface area contributed by atoms with Crippen molar-refractivity contribution in [1.29, 1.82) is 0 Å². The number of hydrogen-bond acceptors (Lipinski definition) is 3. The van der Waals surface area contributed by atoms with Crippen LogP contribution >= 0.6 is 11.6 Å². The Bertz CT molecular complexity index is 524. The minimum absolute atomic E-state index is 0.0636. The monoisotopic (exact) mass is 298 g/mol. The highest BCUT2D eigenvalue weighted by molar-refractivity contribution is 6.34. The summed E-state index contributed by atoms with van der Waals surface area (Å²) in [6.45, 7) is 7.14. The number of aromatic hydroxyl groups is 1. The molecule has 1 rings (SSSR count). The average molecular weight is 299 g/mol. The first kappa shape index (κ1) is 16.3. The zero-order chi connectivity index (χ0) is 15.5. The molecule has 0 saturated heterocycles. The van der Waals surface area contributed by atoms with Crippen molar-refractivity contribution in [2.75, 3.05) is 0 Å². The highest BCUT2D eigenvalue weighted by Gasteiger charge is 2.22. The maximum Gasteiger partial charge on any atom is 0.253 e. The van der Waals surface area contributed by atoms with Crippen LogP contribution in [0.1, 0.15) is 38.1 Å². The second-order valence-electron chi connectivity index (χ2n) is 5.60. The Hall–Kier alpha value is -1.75. The van der Waals surface area contributed by atoms with Crippen LogP contribution in [0.3, 0.4) is 0 Å². The quantitative estimate of drug-likeness (QED) is 0.799. The molecule has 1 aromatic carbocycles. The van der Waals surface area contributed by atoms with Gasteiger partial charge in [0.15, 0.2) is 0 Å². The largest absolute Gasteiger partial charge is 0.508 e. The van der Waals surface area contributed by atoms with Crippen molar-refractivity contribution in [2.24, 2.45) is 0 Å². The lowest BCUT2D eigenvalue weighted by molar-refractivity contribution is -0.124. The number of nitrogens with one attached hydrogen (secondary N) is 2. The van der Waals surface area contributed by atoms with Gasteiger partial charge in [0.2, 0.25) is 5.91 Å². The van der Waals surface area contributed by atoms with Gasteiger partial charge in [-0.2, -0.15) is 0 Å². The molecule has 5 nitrogen and oxygen atoms in total. The smallest absolute Gasteiger partial charge is 0.253 e. The number of carbonyl (C=O) groups is 2. The molecular weight excluding hydrogens is 280 g/mol. The zero-order valence-electron chi connectivity index (χ0n) is 12.0. The van der Waals surface area contributed by atoms with Crippen molar-refractivity contribution in [3.8, 4) is 5.75 Å². The Kier molecular flexibility index (Phi) is 5.00. The first-order valence-electron chi connectivity index (χ1n) is 6.21. The van der Waals surface area contributed by atoms with E-state index in [9.17, 15) is 14.7 Å². The topological polar surface area (TPSA) is 78.4 Å². The fourth-order valence-corrected chi connectivity index (χ4v) is 1.71. The zero-order valence-corrected chi connectivity index (χ0v) is 12.7. The lowest BCUT2D eigenvalue weighted by Gasteiger charge is -2.23. The molecule has 1 atom stereocenters. The van der Waals surface area contributed by atoms with Crippen LogP contribution in [-0.4, -0.2) is 28.5 Å². The van der Waals surface area contributed by atoms with Gasteiger partial charge in [-0.05, 0) is 45.9 Å². The Morgan fingerprint density at radius 1 is 1.30 bits per heavy atom. The molecule has 20 heavy (non-hydrogen) atoms. The fourth-order valence-electron chi connectivity index (χ4n) is 1.51. The third-order valence-corrected chi connectivity index (χ3v) is 2.76. The van der Waals surface area contributed by atoms with Gasteiger partial charge >= 0.3 is 0 Å². The third-order valence-electron chi connectivity index (χ3n) is 2.43. The Morgan fingerprint density at radius 3 is 2.45 bits per heavy atom. The maximum atomic E-state index is 12.0. The number of hydrogen-bond donors (Lipinski definition) is 3. The summed E-state index contributed by atoms with van der Waals surface area (Å²) in [5.74, 6) is -0.865. The number of halogens is 1. The SMILES string of the molecule is CC(NC(=O)c1cc(O)ccc1Cl)C(=O)NC(C)(C)C. The van der Waals surface area contributed by atoms with E-state index < -0.39 is 11.9 Å². The third kappa shape index (κ3) is 4.74. The molecule has 0 radical (unpaired) electrons. The average Bonchev–Trinajstić information content (AvgIpc) is 2.29. The normalized spacial score (nSPS) is 12.7. The van der Waals surface area contributed by atoms with E-state index >= 15 is 0 Å². The summed E-state index contributed by atoms with van der Waals surface area (Å²) in [6, 6.07) is 3.35. The number of phenols is 1. The lowest BCUT2D eigenvalue weighted by atomic mass is 10.1. The van der Waals surface area contributed by atoms with Crippen LogP contribution in [0.15, 0.2) is 18.2 Å². The van der Waals surface area contributed by atoms with Gasteiger partial charge in [0.05, 0.1) is 10.6 Å². The first-order chi connectivity index (χ1) is 9.10. The molecule has 110 valence electrons. The van der Waals surface area contributed by atoms with Crippen molar-refractivity contribution < 1.29 is 14.7 Å². The van der Waals surface area contributed by atoms with E-state index in [-0.39, 0.29) is 27.8 Å². The number of carbonyl (C=O) groups excluding carboxylic acids is 2. The molecular formula is C14H19ClN2O3. The number of rotatable bonds is 3. The second-order valence-corrected chi connectivity index (χ2v) is 6.01. The van der Waals surface area contributed by atoms with Gasteiger partial charge in [-0.3, -0.25) is 9.59 Å². The van der Waals surface area contributed by atoms with Crippen molar-refractivity contribution >= 4 is 23.4 Å². The Labute approximate surface area is 123 Å². The molecule has 1 aromatic rings. The Balaban J connectivity index is 2.75. The predicted octanol–water partition coefficient (Wildman–Crippen LogP) is 2.08. The summed E-state index contributed by atoms with van der Waals surface area (Å²) in [5, 5.41) is 14.9. The summed E-state index contributed by atoms with van der Waals surface area (Å²) in [7, 11) is 0. The van der Waals surface area contributed by atoms with Crippen LogP contribution < -0.4 is 10.6 Å². The van der Waals surface area contributed by atoms with Gasteiger partial charge in [0.25, 0.3) is 5.91 Å². The molecule has 0 heterocycles. The van der Waals surface area contributed by atoms with Crippen molar-refractivity contribution in [3.05, 3.63) is 28.8 Å². The molecule has 0 aliphatic carbocycles. The molecule has 6 heteroatoms. The van der Waals surface area contributed by atoms with E-state index in [1.807, 2.05) is 20.8 Å². The van der Waals surface area contributed by atoms with Crippen LogP contribution in [-0.2, 0) is 4.79 Å². The molecule has 0 saturated carbocycles. The number of benzene rings is 1. The second kappa shape index (κ2) is 6.13. The summed E-state index contributed by atoms with van der Waals surface area (Å²) in [4.78, 5) is 23.9. The maximum absolute atomic E-state index is 12.0. The van der Waals surface area contributed by atoms with Gasteiger partial charge < -0.3 is 15.7 Å². The molecule has 0 bridgehead atoms. The van der Waals surface area contributed by atoms with E-state index in [2.05, 4.69) is 10.6 Å². The van der Waals surface area contributed by atoms with Crippen LogP contribution in [0.4, 0.5) is 0 Å². The van der Waals surface area contributed by atoms with Crippen molar-refractivity contribution in [2.45, 2.75) is 39.3 Å². The molecule has 0 spiro atoms. The van der Waals surface area contributed by atoms with E-state index in [1.165, 1.54) is 18.2 Å². The summed E-state index contributed by atoms with van der Waals surface area (Å²) >= 11 is 5.89. The summed E-state index contributed by atoms with van der Waals surface area (Å²) in [6.07, 6.45) is 0. The lowest BCUT2D eigenvalue weighted by Crippen LogP contribution is -2.50. The molecule has 0 fully saturated rings. The fraction of sp³-hybridized carbons (Fsp3) is 0.429. The van der Waals surface area contributed by atoms with Gasteiger partial charge in [-0.15, -0.1) is 0 Å². The van der Waals surface area contributed by atoms with Gasteiger partial charge in [-0.1, -0.05) is 11.6 Å². The van der Waals surface area contributed by atoms with Crippen molar-refractivity contribution in [3.63, 3.8) is 0 Å². The van der Waals surface area contributed by atoms with Crippen LogP contribution in [0.2, 0.25) is 5.02 Å². The standard InChI is InChI=1S/C14H19ClN2O3/c1-8(12(19)17-14(2,3)4)16-13(20)10-7-9(18)5-6-11(10)15/h5-8,18H,1-4H3,(H,16,20)(H,17,19). The molecule has 3 N–H and O–H groups in total. The van der Waals surface area contributed by atoms with Gasteiger partial charge in [-0.25, -0.2) is 0 Å². The highest BCUT2D eigenvalue weighted by atomic mass is 35.5. The van der Waals surface area contributed by atoms with Crippen LogP contribution in [0, 0.1) is 0 Å². The molecule has 0 aromatic heterocycles. The minimum Gasteiger partial charge on any atom is -0.508 e. The van der Waals surface area contributed by atoms with Crippen LogP contribution in [0.5, 0.6) is 5.75 Å². The predicted molar refractivity (Wildman–Crippen MR) is 77.9 cm³/mol. The highest BCUT2D eigenvalue weighted by Crippen LogP contribution is 2.21. The van der Waals surface area contributed by atoms with Gasteiger partial charge in [0, 0.05) is 5.54 Å². The molecule has 2 amide bonds. The van der Waals surface area contributed by atoms with Crippen molar-refractivity contribution in [1.82, 2.24) is 10.6 Å². The Morgan fingerprint density at radius 2 is 1.90 bits per heavy atom. The molecule has 1 unspecified atom stereocenters. The summed E-state index contributed by atoms with van der Waals surface area (Å²) in [5.41, 5.74) is -0.249. The van der Waals surface area contributed by atoms with E-state index in [0.717, 1.165) is 0 Å². The van der Waals surface area contributed by atoms with E-state index in [4.69, 9.17) is 11.6 Å². The minimum atomic E-state index is -0.708.